The van der Waals surface area contributed by atoms with Crippen molar-refractivity contribution in [3.63, 3.8) is 0 Å². The molecule has 0 saturated carbocycles. The molecule has 12 heteroatoms. The van der Waals surface area contributed by atoms with Crippen molar-refractivity contribution in [2.45, 2.75) is 38.3 Å². The number of piperidine rings is 1. The number of nitrogens with zero attached hydrogens (tertiary/aromatic N) is 3. The van der Waals surface area contributed by atoms with Crippen LogP contribution in [0.15, 0.2) is 59.7 Å². The topological polar surface area (TPSA) is 144 Å². The highest BCUT2D eigenvalue weighted by atomic mass is 35.5. The Hall–Kier alpha value is -4.12. The number of carbonyl (C=O) groups is 4. The number of benzene rings is 2. The van der Waals surface area contributed by atoms with Crippen LogP contribution in [0.3, 0.4) is 0 Å². The van der Waals surface area contributed by atoms with E-state index in [-0.39, 0.29) is 19.1 Å². The van der Waals surface area contributed by atoms with Crippen molar-refractivity contribution < 1.29 is 28.7 Å². The van der Waals surface area contributed by atoms with Crippen molar-refractivity contribution in [3.8, 4) is 5.75 Å². The maximum atomic E-state index is 14.0. The Kier molecular flexibility index (Phi) is 8.34. The van der Waals surface area contributed by atoms with Gasteiger partial charge in [-0.3, -0.25) is 14.4 Å². The minimum atomic E-state index is -1.65. The zero-order valence-corrected chi connectivity index (χ0v) is 23.3. The van der Waals surface area contributed by atoms with Gasteiger partial charge in [0, 0.05) is 31.6 Å². The molecule has 2 aliphatic rings. The lowest BCUT2D eigenvalue weighted by atomic mass is 9.73. The van der Waals surface area contributed by atoms with Crippen molar-refractivity contribution in [2.24, 2.45) is 16.3 Å². The maximum absolute atomic E-state index is 14.0. The van der Waals surface area contributed by atoms with E-state index in [4.69, 9.17) is 26.8 Å². The number of nitrogens with one attached hydrogen (secondary N) is 1. The molecule has 1 saturated heterocycles. The van der Waals surface area contributed by atoms with Crippen LogP contribution < -0.4 is 15.8 Å². The van der Waals surface area contributed by atoms with E-state index in [9.17, 15) is 19.2 Å². The molecule has 0 bridgehead atoms. The monoisotopic (exact) mass is 569 g/mol. The van der Waals surface area contributed by atoms with Crippen molar-refractivity contribution in [2.75, 3.05) is 26.7 Å². The van der Waals surface area contributed by atoms with Gasteiger partial charge in [0.05, 0.1) is 5.71 Å². The first-order chi connectivity index (χ1) is 18.9. The normalized spacial score (nSPS) is 19.4. The fraction of sp³-hybridized carbons (Fsp3) is 0.393. The Morgan fingerprint density at radius 2 is 1.90 bits per heavy atom. The van der Waals surface area contributed by atoms with E-state index >= 15 is 0 Å². The summed E-state index contributed by atoms with van der Waals surface area (Å²) in [6.07, 6.45) is -0.372. The number of amides is 4. The molecule has 4 amide bonds. The SMILES string of the molecule is CN1N=C2CCN(C(=O)C(COc3cccc(Cl)c3)NC(=O)C(C)(C)OC(N)=O)C[C@@]2(Cc2ccccc2)C1=O. The van der Waals surface area contributed by atoms with Gasteiger partial charge in [0.2, 0.25) is 5.91 Å². The number of likely N-dealkylation sites (tertiary alicyclic amines) is 1. The molecule has 0 aromatic heterocycles. The van der Waals surface area contributed by atoms with Crippen LogP contribution in [0.25, 0.3) is 0 Å². The molecule has 40 heavy (non-hydrogen) atoms. The van der Waals surface area contributed by atoms with Crippen LogP contribution in [-0.4, -0.2) is 77.8 Å². The first-order valence-electron chi connectivity index (χ1n) is 12.8. The summed E-state index contributed by atoms with van der Waals surface area (Å²) in [6, 6.07) is 15.0. The summed E-state index contributed by atoms with van der Waals surface area (Å²) in [5.74, 6) is -1.00. The first-order valence-corrected chi connectivity index (χ1v) is 13.2. The molecular formula is C28H32ClN5O6. The fourth-order valence-corrected chi connectivity index (χ4v) is 5.16. The molecule has 2 heterocycles. The molecule has 212 valence electrons. The van der Waals surface area contributed by atoms with E-state index in [1.807, 2.05) is 30.3 Å². The standard InChI is InChI=1S/C28H32ClN5O6/c1-27(2,40-26(30)38)24(36)31-21(16-39-20-11-7-10-19(29)14-20)23(35)34-13-12-22-28(17-34,25(37)33(3)32-22)15-18-8-5-4-6-9-18/h4-11,14,21H,12-13,15-17H2,1-3H3,(H2,30,38)(H,31,36)/t21?,28-/m1/s1. The molecule has 4 rings (SSSR count). The third-order valence-electron chi connectivity index (χ3n) is 6.98. The minimum absolute atomic E-state index is 0.0768. The smallest absolute Gasteiger partial charge is 0.405 e. The number of halogens is 1. The van der Waals surface area contributed by atoms with Crippen LogP contribution >= 0.6 is 11.6 Å². The van der Waals surface area contributed by atoms with Gasteiger partial charge in [-0.15, -0.1) is 0 Å². The summed E-state index contributed by atoms with van der Waals surface area (Å²) in [4.78, 5) is 53.4. The van der Waals surface area contributed by atoms with Gasteiger partial charge in [-0.2, -0.15) is 5.10 Å². The Labute approximate surface area is 237 Å². The summed E-state index contributed by atoms with van der Waals surface area (Å²) in [5.41, 5.74) is 4.10. The van der Waals surface area contributed by atoms with Crippen molar-refractivity contribution >= 4 is 41.1 Å². The van der Waals surface area contributed by atoms with Crippen molar-refractivity contribution in [3.05, 3.63) is 65.2 Å². The predicted octanol–water partition coefficient (Wildman–Crippen LogP) is 2.37. The van der Waals surface area contributed by atoms with Crippen LogP contribution in [0.2, 0.25) is 5.02 Å². The van der Waals surface area contributed by atoms with Gasteiger partial charge in [0.1, 0.15) is 23.8 Å². The molecule has 0 aliphatic carbocycles. The van der Waals surface area contributed by atoms with Gasteiger partial charge in [-0.25, -0.2) is 9.80 Å². The van der Waals surface area contributed by atoms with Crippen LogP contribution in [-0.2, 0) is 25.5 Å². The molecule has 11 nitrogen and oxygen atoms in total. The highest BCUT2D eigenvalue weighted by molar-refractivity contribution is 6.30. The molecule has 2 aliphatic heterocycles. The molecule has 3 N–H and O–H groups in total. The number of hydrogen-bond donors (Lipinski definition) is 2. The maximum Gasteiger partial charge on any atom is 0.405 e. The number of hydrazone groups is 1. The number of nitrogens with two attached hydrogens (primary N) is 1. The Bertz CT molecular complexity index is 1330. The number of ether oxygens (including phenoxy) is 2. The summed E-state index contributed by atoms with van der Waals surface area (Å²) in [7, 11) is 1.61. The van der Waals surface area contributed by atoms with E-state index < -0.39 is 35.0 Å². The molecule has 2 aromatic carbocycles. The summed E-state index contributed by atoms with van der Waals surface area (Å²) in [6.45, 7) is 2.85. The number of fused-ring (bicyclic) bond motifs is 1. The molecule has 0 radical (unpaired) electrons. The van der Waals surface area contributed by atoms with Crippen LogP contribution in [0.5, 0.6) is 5.75 Å². The molecular weight excluding hydrogens is 538 g/mol. The predicted molar refractivity (Wildman–Crippen MR) is 148 cm³/mol. The van der Waals surface area contributed by atoms with Crippen molar-refractivity contribution in [1.82, 2.24) is 15.2 Å². The van der Waals surface area contributed by atoms with Gasteiger partial charge in [0.25, 0.3) is 11.8 Å². The largest absolute Gasteiger partial charge is 0.491 e. The zero-order chi connectivity index (χ0) is 29.1. The van der Waals surface area contributed by atoms with Crippen LogP contribution in [0, 0.1) is 5.41 Å². The number of hydrogen-bond acceptors (Lipinski definition) is 7. The summed E-state index contributed by atoms with van der Waals surface area (Å²) >= 11 is 6.06. The van der Waals surface area contributed by atoms with E-state index in [0.29, 0.717) is 30.2 Å². The van der Waals surface area contributed by atoms with Crippen molar-refractivity contribution in [1.29, 1.82) is 0 Å². The third kappa shape index (κ3) is 6.20. The lowest BCUT2D eigenvalue weighted by Gasteiger charge is -2.40. The number of carbonyl (C=O) groups excluding carboxylic acids is 4. The molecule has 2 aromatic rings. The first kappa shape index (κ1) is 28.9. The highest BCUT2D eigenvalue weighted by Crippen LogP contribution is 2.38. The lowest BCUT2D eigenvalue weighted by molar-refractivity contribution is -0.145. The zero-order valence-electron chi connectivity index (χ0n) is 22.6. The van der Waals surface area contributed by atoms with Crippen LogP contribution in [0.1, 0.15) is 25.8 Å². The second-order valence-corrected chi connectivity index (χ2v) is 10.8. The second-order valence-electron chi connectivity index (χ2n) is 10.4. The van der Waals surface area contributed by atoms with E-state index in [0.717, 1.165) is 11.3 Å². The Balaban J connectivity index is 1.60. The van der Waals surface area contributed by atoms with Gasteiger partial charge in [-0.1, -0.05) is 48.0 Å². The van der Waals surface area contributed by atoms with Gasteiger partial charge in [-0.05, 0) is 44.0 Å². The quantitative estimate of drug-likeness (QED) is 0.474. The van der Waals surface area contributed by atoms with Gasteiger partial charge in [0.15, 0.2) is 5.60 Å². The lowest BCUT2D eigenvalue weighted by Crippen LogP contribution is -2.61. The average Bonchev–Trinajstić information content (AvgIpc) is 3.14. The van der Waals surface area contributed by atoms with Gasteiger partial charge >= 0.3 is 6.09 Å². The molecule has 1 fully saturated rings. The average molecular weight is 570 g/mol. The molecule has 0 spiro atoms. The highest BCUT2D eigenvalue weighted by Gasteiger charge is 2.54. The number of primary amides is 1. The van der Waals surface area contributed by atoms with Crippen LogP contribution in [0.4, 0.5) is 4.79 Å². The van der Waals surface area contributed by atoms with E-state index in [1.165, 1.54) is 18.9 Å². The van der Waals surface area contributed by atoms with Gasteiger partial charge < -0.3 is 25.4 Å². The Morgan fingerprint density at radius 3 is 2.58 bits per heavy atom. The Morgan fingerprint density at radius 1 is 1.18 bits per heavy atom. The minimum Gasteiger partial charge on any atom is -0.491 e. The summed E-state index contributed by atoms with van der Waals surface area (Å²) in [5, 5.41) is 8.90. The molecule has 1 unspecified atom stereocenters. The fourth-order valence-electron chi connectivity index (χ4n) is 4.98. The third-order valence-corrected chi connectivity index (χ3v) is 7.22. The number of rotatable bonds is 9. The second kappa shape index (κ2) is 11.5. The summed E-state index contributed by atoms with van der Waals surface area (Å²) < 4.78 is 10.8. The molecule has 2 atom stereocenters. The van der Waals surface area contributed by atoms with E-state index in [2.05, 4.69) is 10.4 Å². The van der Waals surface area contributed by atoms with E-state index in [1.54, 1.807) is 36.2 Å².